The van der Waals surface area contributed by atoms with Gasteiger partial charge in [0.15, 0.2) is 0 Å². The van der Waals surface area contributed by atoms with Crippen LogP contribution < -0.4 is 10.2 Å². The van der Waals surface area contributed by atoms with Gasteiger partial charge in [0, 0.05) is 15.7 Å². The summed E-state index contributed by atoms with van der Waals surface area (Å²) in [6.45, 7) is 7.78. The summed E-state index contributed by atoms with van der Waals surface area (Å²) in [4.78, 5) is 39.1. The van der Waals surface area contributed by atoms with Gasteiger partial charge in [-0.25, -0.2) is 14.4 Å². The lowest BCUT2D eigenvalue weighted by Gasteiger charge is -2.26. The normalized spacial score (nSPS) is 15.5. The lowest BCUT2D eigenvalue weighted by molar-refractivity contribution is -0.122. The smallest absolute Gasteiger partial charge is 0.273 e. The molecule has 2 heterocycles. The number of hydrogen-bond acceptors (Lipinski definition) is 4. The first-order chi connectivity index (χ1) is 15.2. The number of nitrogens with zero attached hydrogens (tertiary/aromatic N) is 3. The molecule has 4 rings (SSSR count). The van der Waals surface area contributed by atoms with Crippen LogP contribution >= 0.6 is 15.9 Å². The van der Waals surface area contributed by atoms with Crippen LogP contribution in [0.25, 0.3) is 11.8 Å². The Morgan fingerprint density at radius 3 is 2.22 bits per heavy atom. The van der Waals surface area contributed by atoms with Gasteiger partial charge in [-0.05, 0) is 81.3 Å². The SMILES string of the molecule is Cc1ccc(-n2nc(C)c(/C=C3\C(=O)NC(=O)N(c4ccc(Br)cc4)C3=O)c2C)cc1C. The van der Waals surface area contributed by atoms with Crippen molar-refractivity contribution in [1.82, 2.24) is 15.1 Å². The van der Waals surface area contributed by atoms with Crippen LogP contribution in [0.4, 0.5) is 10.5 Å². The van der Waals surface area contributed by atoms with Gasteiger partial charge in [-0.15, -0.1) is 0 Å². The fourth-order valence-corrected chi connectivity index (χ4v) is 3.86. The van der Waals surface area contributed by atoms with Crippen LogP contribution in [0.2, 0.25) is 0 Å². The van der Waals surface area contributed by atoms with E-state index < -0.39 is 17.8 Å². The number of rotatable bonds is 3. The van der Waals surface area contributed by atoms with Gasteiger partial charge in [0.25, 0.3) is 11.8 Å². The van der Waals surface area contributed by atoms with Crippen molar-refractivity contribution in [2.45, 2.75) is 27.7 Å². The summed E-state index contributed by atoms with van der Waals surface area (Å²) in [5.41, 5.74) is 5.56. The Bertz CT molecular complexity index is 1310. The first-order valence-electron chi connectivity index (χ1n) is 9.98. The number of benzene rings is 2. The zero-order valence-corrected chi connectivity index (χ0v) is 19.6. The van der Waals surface area contributed by atoms with Crippen molar-refractivity contribution < 1.29 is 14.4 Å². The number of urea groups is 1. The number of barbiturate groups is 1. The number of hydrogen-bond donors (Lipinski definition) is 1. The van der Waals surface area contributed by atoms with Gasteiger partial charge in [-0.3, -0.25) is 14.9 Å². The Morgan fingerprint density at radius 1 is 0.906 bits per heavy atom. The van der Waals surface area contributed by atoms with Crippen molar-refractivity contribution >= 4 is 45.5 Å². The Morgan fingerprint density at radius 2 is 1.56 bits per heavy atom. The minimum Gasteiger partial charge on any atom is -0.273 e. The Kier molecular flexibility index (Phi) is 5.56. The van der Waals surface area contributed by atoms with Crippen molar-refractivity contribution in [1.29, 1.82) is 0 Å². The quantitative estimate of drug-likeness (QED) is 0.429. The molecular weight excluding hydrogens is 472 g/mol. The predicted octanol–water partition coefficient (Wildman–Crippen LogP) is 4.53. The molecule has 0 spiro atoms. The molecule has 0 aliphatic carbocycles. The third-order valence-electron chi connectivity index (χ3n) is 5.56. The van der Waals surface area contributed by atoms with E-state index in [1.165, 1.54) is 11.6 Å². The molecule has 0 atom stereocenters. The molecule has 1 aliphatic heterocycles. The highest BCUT2D eigenvalue weighted by Gasteiger charge is 2.37. The highest BCUT2D eigenvalue weighted by molar-refractivity contribution is 9.10. The number of anilines is 1. The average Bonchev–Trinajstić information content (AvgIpc) is 3.02. The van der Waals surface area contributed by atoms with Gasteiger partial charge in [-0.2, -0.15) is 5.10 Å². The van der Waals surface area contributed by atoms with Crippen LogP contribution in [0.3, 0.4) is 0 Å². The van der Waals surface area contributed by atoms with E-state index in [9.17, 15) is 14.4 Å². The molecule has 0 unspecified atom stereocenters. The minimum absolute atomic E-state index is 0.127. The minimum atomic E-state index is -0.779. The predicted molar refractivity (Wildman–Crippen MR) is 126 cm³/mol. The molecule has 3 aromatic rings. The molecule has 4 amide bonds. The Balaban J connectivity index is 1.77. The molecule has 8 heteroatoms. The second-order valence-electron chi connectivity index (χ2n) is 7.70. The second-order valence-corrected chi connectivity index (χ2v) is 8.61. The highest BCUT2D eigenvalue weighted by Crippen LogP contribution is 2.26. The molecular formula is C24H21BrN4O3. The molecule has 1 aliphatic rings. The van der Waals surface area contributed by atoms with Crippen molar-refractivity contribution in [2.24, 2.45) is 0 Å². The van der Waals surface area contributed by atoms with E-state index in [0.29, 0.717) is 16.9 Å². The van der Waals surface area contributed by atoms with Crippen molar-refractivity contribution in [3.8, 4) is 5.69 Å². The van der Waals surface area contributed by atoms with Crippen LogP contribution in [0.1, 0.15) is 28.1 Å². The van der Waals surface area contributed by atoms with E-state index >= 15 is 0 Å². The third kappa shape index (κ3) is 3.78. The Labute approximate surface area is 193 Å². The second kappa shape index (κ2) is 8.20. The van der Waals surface area contributed by atoms with Gasteiger partial charge < -0.3 is 0 Å². The van der Waals surface area contributed by atoms with Crippen LogP contribution in [0, 0.1) is 27.7 Å². The maximum atomic E-state index is 13.2. The molecule has 7 nitrogen and oxygen atoms in total. The molecule has 0 bridgehead atoms. The Hall–Kier alpha value is -3.52. The maximum absolute atomic E-state index is 13.2. The number of nitrogens with one attached hydrogen (secondary N) is 1. The first kappa shape index (κ1) is 21.7. The molecule has 2 aromatic carbocycles. The van der Waals surface area contributed by atoms with Crippen molar-refractivity contribution in [3.63, 3.8) is 0 Å². The molecule has 32 heavy (non-hydrogen) atoms. The first-order valence-corrected chi connectivity index (χ1v) is 10.8. The third-order valence-corrected chi connectivity index (χ3v) is 6.09. The number of aromatic nitrogens is 2. The van der Waals surface area contributed by atoms with Gasteiger partial charge in [0.05, 0.1) is 17.1 Å². The largest absolute Gasteiger partial charge is 0.335 e. The van der Waals surface area contributed by atoms with E-state index in [2.05, 4.69) is 26.3 Å². The molecule has 162 valence electrons. The van der Waals surface area contributed by atoms with Crippen LogP contribution in [0.5, 0.6) is 0 Å². The topological polar surface area (TPSA) is 84.3 Å². The van der Waals surface area contributed by atoms with Crippen LogP contribution in [-0.2, 0) is 9.59 Å². The van der Waals surface area contributed by atoms with Crippen LogP contribution in [-0.4, -0.2) is 27.6 Å². The summed E-state index contributed by atoms with van der Waals surface area (Å²) >= 11 is 3.33. The molecule has 0 saturated carbocycles. The fraction of sp³-hybridized carbons (Fsp3) is 0.167. The summed E-state index contributed by atoms with van der Waals surface area (Å²) in [5, 5.41) is 6.87. The number of aryl methyl sites for hydroxylation is 3. The van der Waals surface area contributed by atoms with Gasteiger partial charge in [-0.1, -0.05) is 22.0 Å². The summed E-state index contributed by atoms with van der Waals surface area (Å²) in [7, 11) is 0. The number of imide groups is 2. The van der Waals surface area contributed by atoms with Crippen LogP contribution in [0.15, 0.2) is 52.5 Å². The monoisotopic (exact) mass is 492 g/mol. The van der Waals surface area contributed by atoms with E-state index in [4.69, 9.17) is 0 Å². The van der Waals surface area contributed by atoms with Crippen molar-refractivity contribution in [3.05, 3.63) is 80.6 Å². The molecule has 1 fully saturated rings. The lowest BCUT2D eigenvalue weighted by Crippen LogP contribution is -2.54. The lowest BCUT2D eigenvalue weighted by atomic mass is 10.1. The molecule has 1 saturated heterocycles. The molecule has 0 radical (unpaired) electrons. The fourth-order valence-electron chi connectivity index (χ4n) is 3.60. The summed E-state index contributed by atoms with van der Waals surface area (Å²) < 4.78 is 2.60. The number of halogens is 1. The molecule has 1 N–H and O–H groups in total. The zero-order chi connectivity index (χ0) is 23.2. The van der Waals surface area contributed by atoms with Gasteiger partial charge in [0.1, 0.15) is 5.57 Å². The van der Waals surface area contributed by atoms with Gasteiger partial charge in [0.2, 0.25) is 0 Å². The summed E-state index contributed by atoms with van der Waals surface area (Å²) in [6.07, 6.45) is 1.51. The molecule has 1 aromatic heterocycles. The van der Waals surface area contributed by atoms with Crippen molar-refractivity contribution in [2.75, 3.05) is 4.90 Å². The zero-order valence-electron chi connectivity index (χ0n) is 18.1. The standard InChI is InChI=1S/C24H21BrN4O3/c1-13-5-8-19(11-14(13)2)29-16(4)20(15(3)27-29)12-21-22(30)26-24(32)28(23(21)31)18-9-6-17(25)7-10-18/h5-12H,1-4H3,(H,26,30,32)/b21-12+. The number of amides is 4. The highest BCUT2D eigenvalue weighted by atomic mass is 79.9. The summed E-state index contributed by atoms with van der Waals surface area (Å²) in [5.74, 6) is -1.41. The van der Waals surface area contributed by atoms with E-state index in [1.54, 1.807) is 28.9 Å². The summed E-state index contributed by atoms with van der Waals surface area (Å²) in [6, 6.07) is 12.0. The number of carbonyl (C=O) groups excluding carboxylic acids is 3. The van der Waals surface area contributed by atoms with E-state index in [-0.39, 0.29) is 5.57 Å². The number of carbonyl (C=O) groups is 3. The average molecular weight is 493 g/mol. The maximum Gasteiger partial charge on any atom is 0.335 e. The van der Waals surface area contributed by atoms with E-state index in [0.717, 1.165) is 26.3 Å². The van der Waals surface area contributed by atoms with E-state index in [1.807, 2.05) is 45.9 Å². The van der Waals surface area contributed by atoms with Gasteiger partial charge >= 0.3 is 6.03 Å².